The molecule has 0 saturated heterocycles. The third-order valence-corrected chi connectivity index (χ3v) is 2.79. The Morgan fingerprint density at radius 2 is 1.94 bits per heavy atom. The zero-order chi connectivity index (χ0) is 12.1. The van der Waals surface area contributed by atoms with Crippen molar-refractivity contribution in [2.75, 3.05) is 20.3 Å². The largest absolute Gasteiger partial charge is 0.491 e. The van der Waals surface area contributed by atoms with Crippen LogP contribution >= 0.6 is 11.6 Å². The molecule has 0 aromatic heterocycles. The van der Waals surface area contributed by atoms with Gasteiger partial charge in [-0.2, -0.15) is 0 Å². The Labute approximate surface area is 103 Å². The average molecular weight is 243 g/mol. The Hall–Kier alpha value is -0.730. The smallest absolute Gasteiger partial charge is 0.122 e. The second kappa shape index (κ2) is 6.12. The summed E-state index contributed by atoms with van der Waals surface area (Å²) in [6, 6.07) is 3.98. The fourth-order valence-corrected chi connectivity index (χ4v) is 1.94. The third kappa shape index (κ3) is 3.39. The lowest BCUT2D eigenvalue weighted by Crippen LogP contribution is -2.06. The van der Waals surface area contributed by atoms with Gasteiger partial charge < -0.3 is 9.47 Å². The number of halogens is 1. The van der Waals surface area contributed by atoms with Crippen LogP contribution in [0.5, 0.6) is 5.75 Å². The molecule has 0 amide bonds. The van der Waals surface area contributed by atoms with Crippen molar-refractivity contribution in [1.82, 2.24) is 0 Å². The van der Waals surface area contributed by atoms with Gasteiger partial charge in [-0.1, -0.05) is 25.4 Å². The Morgan fingerprint density at radius 3 is 2.50 bits per heavy atom. The van der Waals surface area contributed by atoms with Crippen molar-refractivity contribution in [2.45, 2.75) is 26.7 Å². The molecule has 0 aliphatic heterocycles. The Kier molecular flexibility index (Phi) is 5.10. The molecule has 0 radical (unpaired) electrons. The lowest BCUT2D eigenvalue weighted by Gasteiger charge is -2.14. The topological polar surface area (TPSA) is 18.5 Å². The molecule has 3 heteroatoms. The second-order valence-corrected chi connectivity index (χ2v) is 4.54. The molecule has 0 bridgehead atoms. The van der Waals surface area contributed by atoms with Crippen molar-refractivity contribution >= 4 is 11.6 Å². The van der Waals surface area contributed by atoms with Gasteiger partial charge in [-0.3, -0.25) is 0 Å². The molecule has 0 fully saturated rings. The highest BCUT2D eigenvalue weighted by molar-refractivity contribution is 6.31. The van der Waals surface area contributed by atoms with Crippen LogP contribution in [0.2, 0.25) is 5.02 Å². The van der Waals surface area contributed by atoms with Gasteiger partial charge in [0.15, 0.2) is 0 Å². The van der Waals surface area contributed by atoms with E-state index in [0.29, 0.717) is 19.1 Å². The predicted octanol–water partition coefficient (Wildman–Crippen LogP) is 3.80. The summed E-state index contributed by atoms with van der Waals surface area (Å²) in [5.41, 5.74) is 2.19. The van der Waals surface area contributed by atoms with Crippen LogP contribution < -0.4 is 4.74 Å². The monoisotopic (exact) mass is 242 g/mol. The van der Waals surface area contributed by atoms with Crippen LogP contribution in [0, 0.1) is 6.92 Å². The van der Waals surface area contributed by atoms with Crippen molar-refractivity contribution in [1.29, 1.82) is 0 Å². The Balaban J connectivity index is 2.87. The Bertz CT molecular complexity index is 348. The van der Waals surface area contributed by atoms with Crippen LogP contribution in [0.15, 0.2) is 12.1 Å². The van der Waals surface area contributed by atoms with Crippen molar-refractivity contribution in [3.63, 3.8) is 0 Å². The van der Waals surface area contributed by atoms with Gasteiger partial charge in [0.25, 0.3) is 0 Å². The predicted molar refractivity (Wildman–Crippen MR) is 67.6 cm³/mol. The normalized spacial score (nSPS) is 10.9. The number of hydrogen-bond acceptors (Lipinski definition) is 2. The highest BCUT2D eigenvalue weighted by Gasteiger charge is 2.09. The first-order chi connectivity index (χ1) is 7.56. The van der Waals surface area contributed by atoms with Crippen molar-refractivity contribution in [3.8, 4) is 5.75 Å². The van der Waals surface area contributed by atoms with Crippen molar-refractivity contribution in [3.05, 3.63) is 28.3 Å². The quantitative estimate of drug-likeness (QED) is 0.732. The molecule has 0 aliphatic rings. The van der Waals surface area contributed by atoms with Crippen LogP contribution in [0.1, 0.15) is 30.9 Å². The summed E-state index contributed by atoms with van der Waals surface area (Å²) in [4.78, 5) is 0. The fourth-order valence-electron chi connectivity index (χ4n) is 1.50. The summed E-state index contributed by atoms with van der Waals surface area (Å²) >= 11 is 6.18. The van der Waals surface area contributed by atoms with Crippen LogP contribution in [0.4, 0.5) is 0 Å². The standard InChI is InChI=1S/C13H19ClO2/c1-9(2)11-8-13(16-6-5-15-4)10(3)7-12(11)14/h7-9H,5-6H2,1-4H3. The van der Waals surface area contributed by atoms with Crippen molar-refractivity contribution < 1.29 is 9.47 Å². The first-order valence-electron chi connectivity index (χ1n) is 5.48. The van der Waals surface area contributed by atoms with E-state index in [9.17, 15) is 0 Å². The van der Waals surface area contributed by atoms with Gasteiger partial charge in [0.1, 0.15) is 12.4 Å². The number of benzene rings is 1. The van der Waals surface area contributed by atoms with E-state index < -0.39 is 0 Å². The van der Waals surface area contributed by atoms with E-state index in [-0.39, 0.29) is 0 Å². The van der Waals surface area contributed by atoms with E-state index in [4.69, 9.17) is 21.1 Å². The third-order valence-electron chi connectivity index (χ3n) is 2.46. The van der Waals surface area contributed by atoms with Gasteiger partial charge in [0.2, 0.25) is 0 Å². The highest BCUT2D eigenvalue weighted by atomic mass is 35.5. The molecule has 0 atom stereocenters. The number of aryl methyl sites for hydroxylation is 1. The zero-order valence-corrected chi connectivity index (χ0v) is 11.1. The minimum absolute atomic E-state index is 0.401. The van der Waals surface area contributed by atoms with Crippen LogP contribution in [-0.4, -0.2) is 20.3 Å². The van der Waals surface area contributed by atoms with E-state index in [1.807, 2.05) is 19.1 Å². The maximum absolute atomic E-state index is 6.18. The molecule has 0 N–H and O–H groups in total. The molecule has 0 unspecified atom stereocenters. The summed E-state index contributed by atoms with van der Waals surface area (Å²) in [5, 5.41) is 0.812. The number of rotatable bonds is 5. The molecule has 0 aliphatic carbocycles. The van der Waals surface area contributed by atoms with Gasteiger partial charge in [-0.05, 0) is 36.1 Å². The summed E-state index contributed by atoms with van der Waals surface area (Å²) in [5.74, 6) is 1.29. The molecular weight excluding hydrogens is 224 g/mol. The first-order valence-corrected chi connectivity index (χ1v) is 5.85. The molecule has 2 nitrogen and oxygen atoms in total. The van der Waals surface area contributed by atoms with Crippen LogP contribution in [0.3, 0.4) is 0 Å². The SMILES string of the molecule is COCCOc1cc(C(C)C)c(Cl)cc1C. The van der Waals surface area contributed by atoms with E-state index in [2.05, 4.69) is 13.8 Å². The summed E-state index contributed by atoms with van der Waals surface area (Å²) in [6.07, 6.45) is 0. The lowest BCUT2D eigenvalue weighted by molar-refractivity contribution is 0.146. The van der Waals surface area contributed by atoms with Crippen LogP contribution in [0.25, 0.3) is 0 Å². The maximum atomic E-state index is 6.18. The fraction of sp³-hybridized carbons (Fsp3) is 0.538. The molecule has 0 heterocycles. The van der Waals surface area contributed by atoms with Crippen LogP contribution in [-0.2, 0) is 4.74 Å². The zero-order valence-electron chi connectivity index (χ0n) is 10.3. The average Bonchev–Trinajstić information content (AvgIpc) is 2.21. The number of methoxy groups -OCH3 is 1. The lowest BCUT2D eigenvalue weighted by atomic mass is 10.0. The molecule has 0 spiro atoms. The Morgan fingerprint density at radius 1 is 1.25 bits per heavy atom. The van der Waals surface area contributed by atoms with E-state index >= 15 is 0 Å². The van der Waals surface area contributed by atoms with Gasteiger partial charge in [0.05, 0.1) is 6.61 Å². The van der Waals surface area contributed by atoms with Crippen molar-refractivity contribution in [2.24, 2.45) is 0 Å². The first kappa shape index (κ1) is 13.3. The highest BCUT2D eigenvalue weighted by Crippen LogP contribution is 2.31. The van der Waals surface area contributed by atoms with E-state index in [1.165, 1.54) is 0 Å². The maximum Gasteiger partial charge on any atom is 0.122 e. The molecule has 1 rings (SSSR count). The number of ether oxygens (including phenoxy) is 2. The van der Waals surface area contributed by atoms with E-state index in [1.54, 1.807) is 7.11 Å². The molecule has 1 aromatic rings. The summed E-state index contributed by atoms with van der Waals surface area (Å²) in [6.45, 7) is 7.40. The number of hydrogen-bond donors (Lipinski definition) is 0. The van der Waals surface area contributed by atoms with E-state index in [0.717, 1.165) is 21.9 Å². The second-order valence-electron chi connectivity index (χ2n) is 4.14. The van der Waals surface area contributed by atoms with Gasteiger partial charge in [0, 0.05) is 12.1 Å². The summed E-state index contributed by atoms with van der Waals surface area (Å²) in [7, 11) is 1.66. The minimum Gasteiger partial charge on any atom is -0.491 e. The van der Waals surface area contributed by atoms with Gasteiger partial charge in [-0.25, -0.2) is 0 Å². The molecule has 16 heavy (non-hydrogen) atoms. The molecular formula is C13H19ClO2. The molecule has 0 saturated carbocycles. The summed E-state index contributed by atoms with van der Waals surface area (Å²) < 4.78 is 10.6. The molecule has 90 valence electrons. The van der Waals surface area contributed by atoms with Gasteiger partial charge >= 0.3 is 0 Å². The molecule has 1 aromatic carbocycles. The minimum atomic E-state index is 0.401. The van der Waals surface area contributed by atoms with Gasteiger partial charge in [-0.15, -0.1) is 0 Å².